The molecule has 0 N–H and O–H groups in total. The van der Waals surface area contributed by atoms with E-state index in [4.69, 9.17) is 4.74 Å². The zero-order valence-electron chi connectivity index (χ0n) is 12.2. The first-order chi connectivity index (χ1) is 9.93. The Morgan fingerprint density at radius 2 is 1.86 bits per heavy atom. The van der Waals surface area contributed by atoms with Crippen molar-refractivity contribution in [2.75, 3.05) is 7.11 Å². The summed E-state index contributed by atoms with van der Waals surface area (Å²) >= 11 is 11.0. The van der Waals surface area contributed by atoms with Gasteiger partial charge in [-0.2, -0.15) is 0 Å². The third-order valence-corrected chi connectivity index (χ3v) is 5.63. The quantitative estimate of drug-likeness (QED) is 0.457. The highest BCUT2D eigenvalue weighted by molar-refractivity contribution is 9.11. The summed E-state index contributed by atoms with van der Waals surface area (Å²) in [5.74, 6) is 0.965. The van der Waals surface area contributed by atoms with E-state index in [1.165, 1.54) is 16.7 Å². The number of benzene rings is 2. The minimum atomic E-state index is 0.206. The average molecular weight is 477 g/mol. The van der Waals surface area contributed by atoms with E-state index in [9.17, 15) is 0 Å². The predicted molar refractivity (Wildman–Crippen MR) is 99.7 cm³/mol. The number of aryl methyl sites for hydroxylation is 1. The molecule has 0 aliphatic carbocycles. The van der Waals surface area contributed by atoms with Crippen molar-refractivity contribution in [3.63, 3.8) is 0 Å². The van der Waals surface area contributed by atoms with Crippen LogP contribution in [0.3, 0.4) is 0 Å². The summed E-state index contributed by atoms with van der Waals surface area (Å²) in [6, 6.07) is 10.5. The normalized spacial score (nSPS) is 12.3. The van der Waals surface area contributed by atoms with E-state index >= 15 is 0 Å². The first-order valence-electron chi connectivity index (χ1n) is 6.66. The highest BCUT2D eigenvalue weighted by Crippen LogP contribution is 2.41. The summed E-state index contributed by atoms with van der Waals surface area (Å²) in [5, 5.41) is 0. The Morgan fingerprint density at radius 3 is 2.48 bits per heavy atom. The van der Waals surface area contributed by atoms with Crippen LogP contribution in [0.15, 0.2) is 39.3 Å². The highest BCUT2D eigenvalue weighted by Gasteiger charge is 2.20. The van der Waals surface area contributed by atoms with Gasteiger partial charge in [-0.1, -0.05) is 59.9 Å². The Hall–Kier alpha value is -0.320. The smallest absolute Gasteiger partial charge is 0.126 e. The summed E-state index contributed by atoms with van der Waals surface area (Å²) in [6.07, 6.45) is 0.909. The van der Waals surface area contributed by atoms with Gasteiger partial charge in [0, 0.05) is 19.3 Å². The summed E-state index contributed by atoms with van der Waals surface area (Å²) < 4.78 is 7.86. The van der Waals surface area contributed by atoms with Gasteiger partial charge in [-0.3, -0.25) is 0 Å². The van der Waals surface area contributed by atoms with E-state index in [0.29, 0.717) is 0 Å². The average Bonchev–Trinajstić information content (AvgIpc) is 2.42. The Labute approximate surface area is 151 Å². The molecule has 0 aliphatic rings. The van der Waals surface area contributed by atoms with Gasteiger partial charge >= 0.3 is 0 Å². The molecular formula is C17H17Br3O. The zero-order valence-corrected chi connectivity index (χ0v) is 17.0. The lowest BCUT2D eigenvalue weighted by atomic mass is 9.97. The second-order valence-corrected chi connectivity index (χ2v) is 7.92. The number of ether oxygens (including phenoxy) is 1. The van der Waals surface area contributed by atoms with Gasteiger partial charge in [-0.25, -0.2) is 0 Å². The van der Waals surface area contributed by atoms with E-state index in [-0.39, 0.29) is 4.83 Å². The standard InChI is InChI=1S/C17H17Br3O/c1-10-7-14(19)11(2)16(17(10)21-3)15(20)9-12-5-4-6-13(18)8-12/h4-8,15H,9H2,1-3H3. The molecule has 21 heavy (non-hydrogen) atoms. The molecule has 0 amide bonds. The molecule has 0 fully saturated rings. The van der Waals surface area contributed by atoms with Crippen molar-refractivity contribution < 1.29 is 4.74 Å². The van der Waals surface area contributed by atoms with Crippen LogP contribution < -0.4 is 4.74 Å². The van der Waals surface area contributed by atoms with E-state index in [1.54, 1.807) is 7.11 Å². The summed E-state index contributed by atoms with van der Waals surface area (Å²) in [6.45, 7) is 4.20. The maximum absolute atomic E-state index is 5.63. The lowest BCUT2D eigenvalue weighted by molar-refractivity contribution is 0.405. The summed E-state index contributed by atoms with van der Waals surface area (Å²) in [5.41, 5.74) is 4.85. The third-order valence-electron chi connectivity index (χ3n) is 3.53. The number of rotatable bonds is 4. The molecular weight excluding hydrogens is 460 g/mol. The minimum Gasteiger partial charge on any atom is -0.496 e. The molecule has 4 heteroatoms. The van der Waals surface area contributed by atoms with E-state index < -0.39 is 0 Å². The first kappa shape index (κ1) is 17.0. The van der Waals surface area contributed by atoms with Crippen molar-refractivity contribution in [3.8, 4) is 5.75 Å². The van der Waals surface area contributed by atoms with E-state index in [0.717, 1.165) is 26.7 Å². The van der Waals surface area contributed by atoms with Crippen LogP contribution in [-0.2, 0) is 6.42 Å². The van der Waals surface area contributed by atoms with Crippen molar-refractivity contribution in [3.05, 3.63) is 61.5 Å². The molecule has 2 rings (SSSR count). The lowest BCUT2D eigenvalue weighted by Crippen LogP contribution is -2.04. The van der Waals surface area contributed by atoms with Crippen molar-refractivity contribution >= 4 is 47.8 Å². The molecule has 2 aromatic carbocycles. The second-order valence-electron chi connectivity index (χ2n) is 5.05. The second kappa shape index (κ2) is 7.30. The molecule has 0 saturated carbocycles. The zero-order chi connectivity index (χ0) is 15.6. The SMILES string of the molecule is COc1c(C)cc(Br)c(C)c1C(Br)Cc1cccc(Br)c1. The van der Waals surface area contributed by atoms with Gasteiger partial charge in [-0.05, 0) is 55.2 Å². The number of alkyl halides is 1. The van der Waals surface area contributed by atoms with Crippen LogP contribution in [0.1, 0.15) is 27.1 Å². The van der Waals surface area contributed by atoms with Gasteiger partial charge in [-0.15, -0.1) is 0 Å². The van der Waals surface area contributed by atoms with E-state index in [1.807, 2.05) is 6.07 Å². The fraction of sp³-hybridized carbons (Fsp3) is 0.294. The monoisotopic (exact) mass is 474 g/mol. The number of hydrogen-bond acceptors (Lipinski definition) is 1. The molecule has 2 aromatic rings. The summed E-state index contributed by atoms with van der Waals surface area (Å²) in [7, 11) is 1.73. The molecule has 0 spiro atoms. The molecule has 112 valence electrons. The molecule has 0 radical (unpaired) electrons. The fourth-order valence-electron chi connectivity index (χ4n) is 2.50. The number of hydrogen-bond donors (Lipinski definition) is 0. The van der Waals surface area contributed by atoms with Crippen molar-refractivity contribution in [2.45, 2.75) is 25.1 Å². The van der Waals surface area contributed by atoms with Gasteiger partial charge in [0.2, 0.25) is 0 Å². The van der Waals surface area contributed by atoms with Crippen LogP contribution in [0.5, 0.6) is 5.75 Å². The van der Waals surface area contributed by atoms with Crippen LogP contribution in [-0.4, -0.2) is 7.11 Å². The van der Waals surface area contributed by atoms with Crippen molar-refractivity contribution in [1.29, 1.82) is 0 Å². The first-order valence-corrected chi connectivity index (χ1v) is 9.16. The fourth-order valence-corrected chi connectivity index (χ4v) is 4.43. The van der Waals surface area contributed by atoms with E-state index in [2.05, 4.69) is 85.9 Å². The topological polar surface area (TPSA) is 9.23 Å². The molecule has 0 aliphatic heterocycles. The van der Waals surface area contributed by atoms with Crippen molar-refractivity contribution in [2.24, 2.45) is 0 Å². The molecule has 1 unspecified atom stereocenters. The van der Waals surface area contributed by atoms with Crippen LogP contribution in [0, 0.1) is 13.8 Å². The Morgan fingerprint density at radius 1 is 1.14 bits per heavy atom. The Kier molecular flexibility index (Phi) is 5.92. The molecule has 0 bridgehead atoms. The maximum atomic E-state index is 5.63. The van der Waals surface area contributed by atoms with Gasteiger partial charge in [0.15, 0.2) is 0 Å². The number of halogens is 3. The molecule has 1 nitrogen and oxygen atoms in total. The van der Waals surface area contributed by atoms with Crippen LogP contribution in [0.25, 0.3) is 0 Å². The van der Waals surface area contributed by atoms with Crippen LogP contribution in [0.2, 0.25) is 0 Å². The molecule has 0 heterocycles. The highest BCUT2D eigenvalue weighted by atomic mass is 79.9. The molecule has 0 aromatic heterocycles. The Bertz CT molecular complexity index is 653. The molecule has 1 atom stereocenters. The van der Waals surface area contributed by atoms with Gasteiger partial charge in [0.05, 0.1) is 7.11 Å². The van der Waals surface area contributed by atoms with Gasteiger partial charge in [0.1, 0.15) is 5.75 Å². The third kappa shape index (κ3) is 3.91. The van der Waals surface area contributed by atoms with Crippen LogP contribution in [0.4, 0.5) is 0 Å². The Balaban J connectivity index is 2.41. The predicted octanol–water partition coefficient (Wildman–Crippen LogP) is 6.52. The minimum absolute atomic E-state index is 0.206. The van der Waals surface area contributed by atoms with Crippen LogP contribution >= 0.6 is 47.8 Å². The molecule has 0 saturated heterocycles. The maximum Gasteiger partial charge on any atom is 0.126 e. The lowest BCUT2D eigenvalue weighted by Gasteiger charge is -2.20. The van der Waals surface area contributed by atoms with Gasteiger partial charge in [0.25, 0.3) is 0 Å². The number of methoxy groups -OCH3 is 1. The largest absolute Gasteiger partial charge is 0.496 e. The van der Waals surface area contributed by atoms with Gasteiger partial charge < -0.3 is 4.74 Å². The van der Waals surface area contributed by atoms with Crippen molar-refractivity contribution in [1.82, 2.24) is 0 Å². The summed E-state index contributed by atoms with van der Waals surface area (Å²) in [4.78, 5) is 0.206.